The normalized spacial score (nSPS) is 16.9. The highest BCUT2D eigenvalue weighted by Crippen LogP contribution is 2.33. The molecule has 18 heavy (non-hydrogen) atoms. The van der Waals surface area contributed by atoms with Crippen LogP contribution < -0.4 is 4.89 Å². The summed E-state index contributed by atoms with van der Waals surface area (Å²) in [6, 6.07) is 7.87. The summed E-state index contributed by atoms with van der Waals surface area (Å²) in [4.78, 5) is 10.6. The Hall–Kier alpha value is -1.06. The van der Waals surface area contributed by atoms with Crippen molar-refractivity contribution in [2.75, 3.05) is 6.61 Å². The van der Waals surface area contributed by atoms with Gasteiger partial charge in [0.1, 0.15) is 0 Å². The molecule has 3 heteroatoms. The summed E-state index contributed by atoms with van der Waals surface area (Å²) >= 11 is 0. The molecule has 1 aromatic carbocycles. The second-order valence-electron chi connectivity index (χ2n) is 5.19. The number of hydrogen-bond acceptors (Lipinski definition) is 3. The van der Waals surface area contributed by atoms with E-state index in [1.807, 2.05) is 38.1 Å². The van der Waals surface area contributed by atoms with Gasteiger partial charge in [-0.15, -0.1) is 0 Å². The first-order chi connectivity index (χ1) is 8.66. The average molecular weight is 250 g/mol. The van der Waals surface area contributed by atoms with Crippen LogP contribution in [0.5, 0.6) is 5.75 Å². The summed E-state index contributed by atoms with van der Waals surface area (Å²) < 4.78 is 5.86. The topological polar surface area (TPSA) is 27.7 Å². The molecule has 0 heterocycles. The molecule has 0 N–H and O–H groups in total. The van der Waals surface area contributed by atoms with E-state index in [4.69, 9.17) is 14.5 Å². The van der Waals surface area contributed by atoms with Crippen LogP contribution in [0.2, 0.25) is 0 Å². The lowest BCUT2D eigenvalue weighted by Gasteiger charge is -2.17. The lowest BCUT2D eigenvalue weighted by molar-refractivity contribution is -0.235. The third-order valence-corrected chi connectivity index (χ3v) is 2.97. The molecular weight excluding hydrogens is 228 g/mol. The minimum atomic E-state index is 0.0394. The summed E-state index contributed by atoms with van der Waals surface area (Å²) in [6.45, 7) is 6.78. The third-order valence-electron chi connectivity index (χ3n) is 2.97. The van der Waals surface area contributed by atoms with E-state index in [2.05, 4.69) is 6.92 Å². The van der Waals surface area contributed by atoms with E-state index < -0.39 is 0 Å². The number of benzene rings is 1. The molecule has 1 aliphatic rings. The molecule has 0 spiro atoms. The zero-order chi connectivity index (χ0) is 13.0. The van der Waals surface area contributed by atoms with Crippen molar-refractivity contribution in [3.05, 3.63) is 29.8 Å². The van der Waals surface area contributed by atoms with Gasteiger partial charge in [0.05, 0.1) is 18.8 Å². The highest BCUT2D eigenvalue weighted by molar-refractivity contribution is 5.34. The quantitative estimate of drug-likeness (QED) is 0.542. The van der Waals surface area contributed by atoms with Gasteiger partial charge in [-0.25, -0.2) is 0 Å². The van der Waals surface area contributed by atoms with E-state index >= 15 is 0 Å². The number of ether oxygens (including phenoxy) is 1. The van der Waals surface area contributed by atoms with Gasteiger partial charge in [-0.05, 0) is 45.6 Å². The SMILES string of the molecule is CC(C)OOc1ccccc1C(C)OCC1CC1. The van der Waals surface area contributed by atoms with Crippen LogP contribution in [0.3, 0.4) is 0 Å². The van der Waals surface area contributed by atoms with E-state index in [0.29, 0.717) is 0 Å². The molecule has 1 atom stereocenters. The Bertz CT molecular complexity index is 372. The Morgan fingerprint density at radius 2 is 1.89 bits per heavy atom. The van der Waals surface area contributed by atoms with Crippen LogP contribution in [0.1, 0.15) is 45.3 Å². The predicted molar refractivity (Wildman–Crippen MR) is 70.4 cm³/mol. The molecule has 2 rings (SSSR count). The molecule has 1 saturated carbocycles. The Morgan fingerprint density at radius 3 is 2.56 bits per heavy atom. The first-order valence-electron chi connectivity index (χ1n) is 6.70. The Labute approximate surface area is 109 Å². The molecule has 100 valence electrons. The smallest absolute Gasteiger partial charge is 0.171 e. The molecule has 1 aromatic rings. The van der Waals surface area contributed by atoms with Crippen molar-refractivity contribution in [2.45, 2.75) is 45.8 Å². The van der Waals surface area contributed by atoms with Crippen molar-refractivity contribution in [2.24, 2.45) is 5.92 Å². The zero-order valence-electron chi connectivity index (χ0n) is 11.4. The molecule has 1 fully saturated rings. The maximum atomic E-state index is 5.86. The number of hydrogen-bond donors (Lipinski definition) is 0. The molecule has 0 bridgehead atoms. The zero-order valence-corrected chi connectivity index (χ0v) is 11.4. The van der Waals surface area contributed by atoms with Crippen LogP contribution >= 0.6 is 0 Å². The van der Waals surface area contributed by atoms with Gasteiger partial charge in [0.2, 0.25) is 0 Å². The van der Waals surface area contributed by atoms with Crippen molar-refractivity contribution < 1.29 is 14.5 Å². The summed E-state index contributed by atoms with van der Waals surface area (Å²) in [7, 11) is 0. The molecule has 0 aliphatic heterocycles. The second-order valence-corrected chi connectivity index (χ2v) is 5.19. The minimum Gasteiger partial charge on any atom is -0.373 e. The van der Waals surface area contributed by atoms with Gasteiger partial charge in [-0.3, -0.25) is 0 Å². The van der Waals surface area contributed by atoms with Gasteiger partial charge in [-0.1, -0.05) is 18.2 Å². The molecular formula is C15H22O3. The molecule has 1 aliphatic carbocycles. The Morgan fingerprint density at radius 1 is 1.17 bits per heavy atom. The summed E-state index contributed by atoms with van der Waals surface area (Å²) in [5.74, 6) is 1.52. The highest BCUT2D eigenvalue weighted by Gasteiger charge is 2.23. The monoisotopic (exact) mass is 250 g/mol. The van der Waals surface area contributed by atoms with Crippen LogP contribution in [0.15, 0.2) is 24.3 Å². The van der Waals surface area contributed by atoms with E-state index in [9.17, 15) is 0 Å². The first-order valence-corrected chi connectivity index (χ1v) is 6.70. The molecule has 0 radical (unpaired) electrons. The fourth-order valence-electron chi connectivity index (χ4n) is 1.70. The third kappa shape index (κ3) is 4.00. The Kier molecular flexibility index (Phi) is 4.61. The fraction of sp³-hybridized carbons (Fsp3) is 0.600. The van der Waals surface area contributed by atoms with Crippen LogP contribution in [-0.4, -0.2) is 12.7 Å². The molecule has 1 unspecified atom stereocenters. The maximum Gasteiger partial charge on any atom is 0.171 e. The van der Waals surface area contributed by atoms with Crippen molar-refractivity contribution in [3.8, 4) is 5.75 Å². The average Bonchev–Trinajstić information content (AvgIpc) is 3.18. The van der Waals surface area contributed by atoms with Crippen LogP contribution in [-0.2, 0) is 9.62 Å². The highest BCUT2D eigenvalue weighted by atomic mass is 17.2. The van der Waals surface area contributed by atoms with Gasteiger partial charge in [0.25, 0.3) is 0 Å². The predicted octanol–water partition coefficient (Wildman–Crippen LogP) is 3.89. The Balaban J connectivity index is 1.95. The van der Waals surface area contributed by atoms with Gasteiger partial charge in [0, 0.05) is 5.56 Å². The van der Waals surface area contributed by atoms with E-state index in [-0.39, 0.29) is 12.2 Å². The first kappa shape index (κ1) is 13.4. The van der Waals surface area contributed by atoms with Crippen LogP contribution in [0, 0.1) is 5.92 Å². The second kappa shape index (κ2) is 6.21. The summed E-state index contributed by atoms with van der Waals surface area (Å²) in [6.07, 6.45) is 2.70. The molecule has 0 aromatic heterocycles. The lowest BCUT2D eigenvalue weighted by Crippen LogP contribution is -2.09. The number of rotatable bonds is 7. The van der Waals surface area contributed by atoms with Gasteiger partial charge in [0.15, 0.2) is 5.75 Å². The van der Waals surface area contributed by atoms with Crippen molar-refractivity contribution in [1.82, 2.24) is 0 Å². The lowest BCUT2D eigenvalue weighted by atomic mass is 10.1. The molecule has 0 saturated heterocycles. The van der Waals surface area contributed by atoms with Crippen molar-refractivity contribution in [1.29, 1.82) is 0 Å². The standard InChI is InChI=1S/C15H22O3/c1-11(2)17-18-15-7-5-4-6-14(15)12(3)16-10-13-8-9-13/h4-7,11-13H,8-10H2,1-3H3. The minimum absolute atomic E-state index is 0.0394. The van der Waals surface area contributed by atoms with Crippen molar-refractivity contribution >= 4 is 0 Å². The summed E-state index contributed by atoms with van der Waals surface area (Å²) in [5, 5.41) is 0. The fourth-order valence-corrected chi connectivity index (χ4v) is 1.70. The van der Waals surface area contributed by atoms with E-state index in [0.717, 1.165) is 23.8 Å². The molecule has 3 nitrogen and oxygen atoms in total. The van der Waals surface area contributed by atoms with Crippen LogP contribution in [0.25, 0.3) is 0 Å². The largest absolute Gasteiger partial charge is 0.373 e. The number of para-hydroxylation sites is 1. The van der Waals surface area contributed by atoms with E-state index in [1.165, 1.54) is 12.8 Å². The van der Waals surface area contributed by atoms with Crippen LogP contribution in [0.4, 0.5) is 0 Å². The van der Waals surface area contributed by atoms with Gasteiger partial charge < -0.3 is 9.62 Å². The molecule has 0 amide bonds. The van der Waals surface area contributed by atoms with Gasteiger partial charge in [-0.2, -0.15) is 4.89 Å². The van der Waals surface area contributed by atoms with E-state index in [1.54, 1.807) is 0 Å². The van der Waals surface area contributed by atoms with Gasteiger partial charge >= 0.3 is 0 Å². The van der Waals surface area contributed by atoms with Crippen molar-refractivity contribution in [3.63, 3.8) is 0 Å². The maximum absolute atomic E-state index is 5.86. The summed E-state index contributed by atoms with van der Waals surface area (Å²) in [5.41, 5.74) is 1.04.